The van der Waals surface area contributed by atoms with Crippen LogP contribution in [-0.2, 0) is 10.4 Å². The standard InChI is InChI=1S/C21H19NO4/c1-3-13-22-18-8-6-5-7-17(18)21(25,20(22)24)14-19(23)15-9-11-16(12-10-15)26-4-2/h1,5-12,25H,4,13-14H2,2H3/t21-/m0/s1. The number of terminal acetylenes is 1. The average Bonchev–Trinajstić information content (AvgIpc) is 2.85. The van der Waals surface area contributed by atoms with E-state index < -0.39 is 11.5 Å². The Kier molecular flexibility index (Phi) is 4.79. The maximum absolute atomic E-state index is 12.8. The second kappa shape index (κ2) is 7.03. The molecule has 5 nitrogen and oxygen atoms in total. The van der Waals surface area contributed by atoms with Crippen LogP contribution in [0.2, 0.25) is 0 Å². The van der Waals surface area contributed by atoms with E-state index in [9.17, 15) is 14.7 Å². The first-order valence-electron chi connectivity index (χ1n) is 8.34. The zero-order valence-electron chi connectivity index (χ0n) is 14.4. The van der Waals surface area contributed by atoms with Crippen molar-refractivity contribution in [2.24, 2.45) is 0 Å². The first-order valence-corrected chi connectivity index (χ1v) is 8.34. The van der Waals surface area contributed by atoms with Gasteiger partial charge in [0.15, 0.2) is 11.4 Å². The highest BCUT2D eigenvalue weighted by atomic mass is 16.5. The van der Waals surface area contributed by atoms with Gasteiger partial charge in [0.1, 0.15) is 5.75 Å². The molecular weight excluding hydrogens is 330 g/mol. The van der Waals surface area contributed by atoms with Gasteiger partial charge in [-0.25, -0.2) is 0 Å². The number of carbonyl (C=O) groups is 2. The van der Waals surface area contributed by atoms with Crippen LogP contribution < -0.4 is 9.64 Å². The van der Waals surface area contributed by atoms with Crippen LogP contribution in [0.1, 0.15) is 29.3 Å². The van der Waals surface area contributed by atoms with E-state index in [1.807, 2.05) is 6.92 Å². The zero-order chi connectivity index (χ0) is 18.7. The Morgan fingerprint density at radius 3 is 2.58 bits per heavy atom. The van der Waals surface area contributed by atoms with Crippen LogP contribution in [0, 0.1) is 12.3 Å². The van der Waals surface area contributed by atoms with E-state index in [0.717, 1.165) is 0 Å². The van der Waals surface area contributed by atoms with Crippen molar-refractivity contribution >= 4 is 17.4 Å². The predicted octanol–water partition coefficient (Wildman–Crippen LogP) is 2.53. The first kappa shape index (κ1) is 17.7. The summed E-state index contributed by atoms with van der Waals surface area (Å²) in [6, 6.07) is 13.5. The number of amides is 1. The Labute approximate surface area is 152 Å². The van der Waals surface area contributed by atoms with E-state index in [-0.39, 0.29) is 18.7 Å². The van der Waals surface area contributed by atoms with Crippen LogP contribution in [0.5, 0.6) is 5.75 Å². The van der Waals surface area contributed by atoms with Gasteiger partial charge in [-0.15, -0.1) is 6.42 Å². The van der Waals surface area contributed by atoms with Gasteiger partial charge in [-0.1, -0.05) is 24.1 Å². The number of aliphatic hydroxyl groups is 1. The average molecular weight is 349 g/mol. The number of anilines is 1. The molecule has 0 saturated carbocycles. The molecule has 2 aromatic rings. The fraction of sp³-hybridized carbons (Fsp3) is 0.238. The largest absolute Gasteiger partial charge is 0.494 e. The first-order chi connectivity index (χ1) is 12.5. The van der Waals surface area contributed by atoms with Crippen LogP contribution in [0.4, 0.5) is 5.69 Å². The predicted molar refractivity (Wildman–Crippen MR) is 98.1 cm³/mol. The lowest BCUT2D eigenvalue weighted by Crippen LogP contribution is -2.42. The van der Waals surface area contributed by atoms with Gasteiger partial charge in [-0.2, -0.15) is 0 Å². The third kappa shape index (κ3) is 2.96. The van der Waals surface area contributed by atoms with Crippen LogP contribution in [0.3, 0.4) is 0 Å². The van der Waals surface area contributed by atoms with Crippen molar-refractivity contribution < 1.29 is 19.4 Å². The van der Waals surface area contributed by atoms with E-state index in [0.29, 0.717) is 29.2 Å². The Morgan fingerprint density at radius 2 is 1.92 bits per heavy atom. The van der Waals surface area contributed by atoms with E-state index in [1.165, 1.54) is 4.90 Å². The minimum absolute atomic E-state index is 0.0371. The van der Waals surface area contributed by atoms with Gasteiger partial charge in [-0.05, 0) is 37.3 Å². The van der Waals surface area contributed by atoms with Gasteiger partial charge in [0.2, 0.25) is 0 Å². The van der Waals surface area contributed by atoms with E-state index >= 15 is 0 Å². The quantitative estimate of drug-likeness (QED) is 0.643. The highest BCUT2D eigenvalue weighted by molar-refractivity contribution is 6.11. The van der Waals surface area contributed by atoms with Crippen LogP contribution >= 0.6 is 0 Å². The Bertz CT molecular complexity index is 882. The number of ketones is 1. The summed E-state index contributed by atoms with van der Waals surface area (Å²) in [5.41, 5.74) is -0.567. The number of benzene rings is 2. The molecule has 1 amide bonds. The smallest absolute Gasteiger partial charge is 0.265 e. The molecule has 1 aliphatic heterocycles. The van der Waals surface area contributed by atoms with Crippen molar-refractivity contribution in [1.82, 2.24) is 0 Å². The summed E-state index contributed by atoms with van der Waals surface area (Å²) in [5.74, 6) is 2.17. The molecule has 0 aromatic heterocycles. The normalized spacial score (nSPS) is 18.3. The minimum Gasteiger partial charge on any atom is -0.494 e. The molecule has 5 heteroatoms. The summed E-state index contributed by atoms with van der Waals surface area (Å²) >= 11 is 0. The number of nitrogens with zero attached hydrogens (tertiary/aromatic N) is 1. The number of hydrogen-bond acceptors (Lipinski definition) is 4. The lowest BCUT2D eigenvalue weighted by Gasteiger charge is -2.21. The van der Waals surface area contributed by atoms with E-state index in [1.54, 1.807) is 48.5 Å². The minimum atomic E-state index is -1.91. The molecule has 0 aliphatic carbocycles. The molecule has 3 rings (SSSR count). The summed E-state index contributed by atoms with van der Waals surface area (Å²) in [7, 11) is 0. The molecule has 0 radical (unpaired) electrons. The summed E-state index contributed by atoms with van der Waals surface area (Å²) in [5, 5.41) is 11.1. The zero-order valence-corrected chi connectivity index (χ0v) is 14.4. The maximum Gasteiger partial charge on any atom is 0.265 e. The molecule has 0 spiro atoms. The number of Topliss-reactive ketones (excluding diaryl/α,β-unsaturated/α-hetero) is 1. The number of carbonyl (C=O) groups excluding carboxylic acids is 2. The lowest BCUT2D eigenvalue weighted by atomic mass is 9.88. The second-order valence-corrected chi connectivity index (χ2v) is 6.03. The molecule has 0 saturated heterocycles. The van der Waals surface area contributed by atoms with Crippen molar-refractivity contribution in [1.29, 1.82) is 0 Å². The Morgan fingerprint density at radius 1 is 1.23 bits per heavy atom. The molecule has 1 N–H and O–H groups in total. The second-order valence-electron chi connectivity index (χ2n) is 6.03. The monoisotopic (exact) mass is 349 g/mol. The molecule has 2 aromatic carbocycles. The SMILES string of the molecule is C#CCN1C(=O)[C@](O)(CC(=O)c2ccc(OCC)cc2)c2ccccc21. The summed E-state index contributed by atoms with van der Waals surface area (Å²) in [6.45, 7) is 2.44. The van der Waals surface area contributed by atoms with Crippen molar-refractivity contribution in [2.45, 2.75) is 18.9 Å². The van der Waals surface area contributed by atoms with Crippen LogP contribution in [-0.4, -0.2) is 29.9 Å². The van der Waals surface area contributed by atoms with Crippen molar-refractivity contribution in [2.75, 3.05) is 18.1 Å². The van der Waals surface area contributed by atoms with Gasteiger partial charge in [0, 0.05) is 11.1 Å². The molecule has 1 atom stereocenters. The number of ether oxygens (including phenoxy) is 1. The van der Waals surface area contributed by atoms with Crippen molar-refractivity contribution in [3.05, 3.63) is 59.7 Å². The van der Waals surface area contributed by atoms with Gasteiger partial charge < -0.3 is 9.84 Å². The van der Waals surface area contributed by atoms with Crippen LogP contribution in [0.25, 0.3) is 0 Å². The topological polar surface area (TPSA) is 66.8 Å². The summed E-state index contributed by atoms with van der Waals surface area (Å²) in [6.07, 6.45) is 4.99. The molecule has 26 heavy (non-hydrogen) atoms. The number of para-hydroxylation sites is 1. The van der Waals surface area contributed by atoms with Crippen molar-refractivity contribution in [3.8, 4) is 18.1 Å². The molecule has 0 bridgehead atoms. The maximum atomic E-state index is 12.8. The van der Waals surface area contributed by atoms with Crippen molar-refractivity contribution in [3.63, 3.8) is 0 Å². The third-order valence-corrected chi connectivity index (χ3v) is 4.39. The van der Waals surface area contributed by atoms with Crippen LogP contribution in [0.15, 0.2) is 48.5 Å². The number of fused-ring (bicyclic) bond motifs is 1. The third-order valence-electron chi connectivity index (χ3n) is 4.39. The molecular formula is C21H19NO4. The number of hydrogen-bond donors (Lipinski definition) is 1. The fourth-order valence-corrected chi connectivity index (χ4v) is 3.16. The van der Waals surface area contributed by atoms with Gasteiger partial charge in [0.05, 0.1) is 25.3 Å². The summed E-state index contributed by atoms with van der Waals surface area (Å²) < 4.78 is 5.36. The molecule has 0 fully saturated rings. The van der Waals surface area contributed by atoms with Gasteiger partial charge >= 0.3 is 0 Å². The molecule has 132 valence electrons. The molecule has 1 aliphatic rings. The Hall–Kier alpha value is -3.10. The lowest BCUT2D eigenvalue weighted by molar-refractivity contribution is -0.135. The molecule has 0 unspecified atom stereocenters. The van der Waals surface area contributed by atoms with E-state index in [2.05, 4.69) is 5.92 Å². The number of rotatable bonds is 6. The van der Waals surface area contributed by atoms with E-state index in [4.69, 9.17) is 11.2 Å². The van der Waals surface area contributed by atoms with Gasteiger partial charge in [0.25, 0.3) is 5.91 Å². The highest BCUT2D eigenvalue weighted by Gasteiger charge is 2.50. The summed E-state index contributed by atoms with van der Waals surface area (Å²) in [4.78, 5) is 26.8. The molecule has 1 heterocycles. The Balaban J connectivity index is 1.89. The fourth-order valence-electron chi connectivity index (χ4n) is 3.16. The highest BCUT2D eigenvalue weighted by Crippen LogP contribution is 2.42. The van der Waals surface area contributed by atoms with Gasteiger partial charge in [-0.3, -0.25) is 14.5 Å².